The molecule has 19 heavy (non-hydrogen) atoms. The molecular formula is C15H15N3O. The molecule has 2 heterocycles. The predicted octanol–water partition coefficient (Wildman–Crippen LogP) is 2.53. The average Bonchev–Trinajstić information content (AvgIpc) is 2.81. The Morgan fingerprint density at radius 3 is 2.79 bits per heavy atom. The summed E-state index contributed by atoms with van der Waals surface area (Å²) in [7, 11) is 0. The zero-order valence-electron chi connectivity index (χ0n) is 11.0. The van der Waals surface area contributed by atoms with Gasteiger partial charge in [-0.15, -0.1) is 0 Å². The van der Waals surface area contributed by atoms with Crippen LogP contribution in [-0.4, -0.2) is 19.9 Å². The molecule has 2 aromatic heterocycles. The summed E-state index contributed by atoms with van der Waals surface area (Å²) in [5.41, 5.74) is 3.77. The molecule has 0 saturated heterocycles. The molecule has 96 valence electrons. The van der Waals surface area contributed by atoms with E-state index in [9.17, 15) is 5.11 Å². The van der Waals surface area contributed by atoms with Crippen LogP contribution in [0.4, 0.5) is 0 Å². The van der Waals surface area contributed by atoms with E-state index >= 15 is 0 Å². The number of nitrogens with zero attached hydrogens (tertiary/aromatic N) is 3. The van der Waals surface area contributed by atoms with Crippen molar-refractivity contribution < 1.29 is 5.11 Å². The normalized spacial score (nSPS) is 11.1. The molecule has 0 fully saturated rings. The molecule has 4 nitrogen and oxygen atoms in total. The fourth-order valence-electron chi connectivity index (χ4n) is 2.35. The van der Waals surface area contributed by atoms with Crippen LogP contribution >= 0.6 is 0 Å². The monoisotopic (exact) mass is 253 g/mol. The Morgan fingerprint density at radius 2 is 2.00 bits per heavy atom. The maximum absolute atomic E-state index is 9.58. The van der Waals surface area contributed by atoms with Gasteiger partial charge in [0.05, 0.1) is 18.3 Å². The first kappa shape index (κ1) is 11.9. The number of hydrogen-bond acceptors (Lipinski definition) is 3. The number of aliphatic hydroxyl groups is 1. The van der Waals surface area contributed by atoms with Crippen LogP contribution in [0.25, 0.3) is 16.7 Å². The predicted molar refractivity (Wildman–Crippen MR) is 74.3 cm³/mol. The number of aliphatic hydroxyl groups excluding tert-OH is 1. The summed E-state index contributed by atoms with van der Waals surface area (Å²) in [5, 5.41) is 15.0. The number of aryl methyl sites for hydroxylation is 2. The Hall–Kier alpha value is -2.20. The van der Waals surface area contributed by atoms with Crippen LogP contribution in [0.5, 0.6) is 0 Å². The molecule has 0 saturated carbocycles. The maximum atomic E-state index is 9.58. The van der Waals surface area contributed by atoms with E-state index in [1.807, 2.05) is 50.4 Å². The summed E-state index contributed by atoms with van der Waals surface area (Å²) in [6.07, 6.45) is 1.82. The topological polar surface area (TPSA) is 50.9 Å². The highest BCUT2D eigenvalue weighted by Crippen LogP contribution is 2.22. The molecule has 0 aliphatic heterocycles. The van der Waals surface area contributed by atoms with Crippen molar-refractivity contribution in [2.45, 2.75) is 20.5 Å². The van der Waals surface area contributed by atoms with Crippen molar-refractivity contribution in [1.29, 1.82) is 0 Å². The summed E-state index contributed by atoms with van der Waals surface area (Å²) < 4.78 is 1.79. The highest BCUT2D eigenvalue weighted by molar-refractivity contribution is 5.80. The third-order valence-corrected chi connectivity index (χ3v) is 3.29. The van der Waals surface area contributed by atoms with Crippen LogP contribution in [0.2, 0.25) is 0 Å². The summed E-state index contributed by atoms with van der Waals surface area (Å²) in [5.74, 6) is 0.709. The third kappa shape index (κ3) is 1.90. The molecule has 0 bridgehead atoms. The van der Waals surface area contributed by atoms with Crippen LogP contribution in [0.1, 0.15) is 16.8 Å². The molecule has 3 rings (SSSR count). The van der Waals surface area contributed by atoms with E-state index in [0.29, 0.717) is 5.82 Å². The molecule has 1 N–H and O–H groups in total. The Kier molecular flexibility index (Phi) is 2.80. The lowest BCUT2D eigenvalue weighted by atomic mass is 10.1. The number of benzene rings is 1. The Morgan fingerprint density at radius 1 is 1.21 bits per heavy atom. The second-order valence-corrected chi connectivity index (χ2v) is 4.66. The molecule has 0 amide bonds. The quantitative estimate of drug-likeness (QED) is 0.763. The molecular weight excluding hydrogens is 238 g/mol. The standard InChI is InChI=1S/C15H15N3O/c1-10-7-11(2)17-15(13(10)9-19)18-14-6-4-3-5-12(14)8-16-18/h3-8,19H,9H2,1-2H3. The smallest absolute Gasteiger partial charge is 0.160 e. The Bertz CT molecular complexity index is 746. The number of para-hydroxylation sites is 1. The molecule has 0 aliphatic rings. The van der Waals surface area contributed by atoms with Gasteiger partial charge >= 0.3 is 0 Å². The van der Waals surface area contributed by atoms with Crippen LogP contribution in [0.3, 0.4) is 0 Å². The zero-order chi connectivity index (χ0) is 13.4. The van der Waals surface area contributed by atoms with E-state index in [1.165, 1.54) is 0 Å². The van der Waals surface area contributed by atoms with Gasteiger partial charge < -0.3 is 5.11 Å². The minimum absolute atomic E-state index is 0.0391. The lowest BCUT2D eigenvalue weighted by molar-refractivity contribution is 0.280. The largest absolute Gasteiger partial charge is 0.392 e. The number of aromatic nitrogens is 3. The van der Waals surface area contributed by atoms with E-state index in [-0.39, 0.29) is 6.61 Å². The van der Waals surface area contributed by atoms with Gasteiger partial charge in [0.1, 0.15) is 0 Å². The highest BCUT2D eigenvalue weighted by Gasteiger charge is 2.13. The van der Waals surface area contributed by atoms with Crippen LogP contribution < -0.4 is 0 Å². The van der Waals surface area contributed by atoms with E-state index in [4.69, 9.17) is 0 Å². The molecule has 0 unspecified atom stereocenters. The minimum Gasteiger partial charge on any atom is -0.392 e. The number of pyridine rings is 1. The van der Waals surface area contributed by atoms with Gasteiger partial charge in [-0.2, -0.15) is 5.10 Å². The molecule has 0 spiro atoms. The van der Waals surface area contributed by atoms with Gasteiger partial charge in [0.2, 0.25) is 0 Å². The van der Waals surface area contributed by atoms with Crippen molar-refractivity contribution in [2.75, 3.05) is 0 Å². The molecule has 0 aliphatic carbocycles. The van der Waals surface area contributed by atoms with E-state index in [0.717, 1.165) is 27.7 Å². The second kappa shape index (κ2) is 4.48. The molecule has 4 heteroatoms. The molecule has 0 atom stereocenters. The van der Waals surface area contributed by atoms with E-state index in [2.05, 4.69) is 10.1 Å². The number of hydrogen-bond donors (Lipinski definition) is 1. The first-order chi connectivity index (χ1) is 9.20. The van der Waals surface area contributed by atoms with Gasteiger partial charge in [-0.25, -0.2) is 9.67 Å². The van der Waals surface area contributed by atoms with Gasteiger partial charge in [0.25, 0.3) is 0 Å². The summed E-state index contributed by atoms with van der Waals surface area (Å²) in [6, 6.07) is 9.95. The summed E-state index contributed by atoms with van der Waals surface area (Å²) in [4.78, 5) is 4.54. The first-order valence-electron chi connectivity index (χ1n) is 6.22. The highest BCUT2D eigenvalue weighted by atomic mass is 16.3. The number of rotatable bonds is 2. The third-order valence-electron chi connectivity index (χ3n) is 3.29. The van der Waals surface area contributed by atoms with Crippen LogP contribution in [-0.2, 0) is 6.61 Å². The van der Waals surface area contributed by atoms with Crippen molar-refractivity contribution >= 4 is 10.9 Å². The van der Waals surface area contributed by atoms with Gasteiger partial charge in [-0.3, -0.25) is 0 Å². The van der Waals surface area contributed by atoms with Crippen molar-refractivity contribution in [1.82, 2.24) is 14.8 Å². The van der Waals surface area contributed by atoms with Crippen LogP contribution in [0.15, 0.2) is 36.5 Å². The molecule has 1 aromatic carbocycles. The summed E-state index contributed by atoms with van der Waals surface area (Å²) in [6.45, 7) is 3.89. The maximum Gasteiger partial charge on any atom is 0.160 e. The molecule has 3 aromatic rings. The van der Waals surface area contributed by atoms with Gasteiger partial charge in [-0.1, -0.05) is 18.2 Å². The fraction of sp³-hybridized carbons (Fsp3) is 0.200. The SMILES string of the molecule is Cc1cc(C)c(CO)c(-n2ncc3ccccc32)n1. The van der Waals surface area contributed by atoms with Crippen molar-refractivity contribution in [3.63, 3.8) is 0 Å². The first-order valence-corrected chi connectivity index (χ1v) is 6.22. The van der Waals surface area contributed by atoms with Gasteiger partial charge in [-0.05, 0) is 31.5 Å². The summed E-state index contributed by atoms with van der Waals surface area (Å²) >= 11 is 0. The Labute approximate surface area is 111 Å². The zero-order valence-corrected chi connectivity index (χ0v) is 11.0. The van der Waals surface area contributed by atoms with Gasteiger partial charge in [0, 0.05) is 16.6 Å². The molecule has 0 radical (unpaired) electrons. The van der Waals surface area contributed by atoms with Crippen molar-refractivity contribution in [3.8, 4) is 5.82 Å². The Balaban J connectivity index is 2.32. The van der Waals surface area contributed by atoms with Crippen LogP contribution in [0, 0.1) is 13.8 Å². The van der Waals surface area contributed by atoms with E-state index < -0.39 is 0 Å². The minimum atomic E-state index is -0.0391. The van der Waals surface area contributed by atoms with Gasteiger partial charge in [0.15, 0.2) is 5.82 Å². The van der Waals surface area contributed by atoms with Crippen molar-refractivity contribution in [2.24, 2.45) is 0 Å². The lowest BCUT2D eigenvalue weighted by Crippen LogP contribution is -2.07. The average molecular weight is 253 g/mol. The van der Waals surface area contributed by atoms with Crippen molar-refractivity contribution in [3.05, 3.63) is 53.3 Å². The fourth-order valence-corrected chi connectivity index (χ4v) is 2.35. The number of fused-ring (bicyclic) bond motifs is 1. The second-order valence-electron chi connectivity index (χ2n) is 4.66. The van der Waals surface area contributed by atoms with E-state index in [1.54, 1.807) is 4.68 Å². The lowest BCUT2D eigenvalue weighted by Gasteiger charge is -2.11.